The number of nitrogens with two attached hydrogens (primary N) is 2. The minimum Gasteiger partial charge on any atom is -0.401 e. The average Bonchev–Trinajstić information content (AvgIpc) is 3.42. The molecule has 1 saturated heterocycles. The molecule has 0 bridgehead atoms. The first-order valence-corrected chi connectivity index (χ1v) is 13.1. The summed E-state index contributed by atoms with van der Waals surface area (Å²) in [4.78, 5) is 15.7. The number of anilines is 1. The van der Waals surface area contributed by atoms with E-state index in [9.17, 15) is 4.79 Å². The van der Waals surface area contributed by atoms with Crippen LogP contribution in [-0.4, -0.2) is 41.5 Å². The van der Waals surface area contributed by atoms with Gasteiger partial charge in [-0.2, -0.15) is 0 Å². The minimum absolute atomic E-state index is 0.189. The first kappa shape index (κ1) is 23.9. The Morgan fingerprint density at radius 1 is 1.24 bits per heavy atom. The number of carbonyl (C=O) groups is 1. The molecule has 0 spiro atoms. The summed E-state index contributed by atoms with van der Waals surface area (Å²) in [6.45, 7) is 3.21. The van der Waals surface area contributed by atoms with Crippen LogP contribution in [0, 0.1) is 11.8 Å². The summed E-state index contributed by atoms with van der Waals surface area (Å²) >= 11 is 0. The predicted molar refractivity (Wildman–Crippen MR) is 135 cm³/mol. The van der Waals surface area contributed by atoms with E-state index in [4.69, 9.17) is 11.6 Å². The van der Waals surface area contributed by atoms with E-state index < -0.39 is 0 Å². The molecule has 2 aliphatic carbocycles. The van der Waals surface area contributed by atoms with E-state index in [1.165, 1.54) is 49.1 Å². The molecule has 182 valence electrons. The maximum Gasteiger partial charge on any atom is 0.225 e. The van der Waals surface area contributed by atoms with Crippen molar-refractivity contribution in [3.63, 3.8) is 0 Å². The van der Waals surface area contributed by atoms with Crippen molar-refractivity contribution < 1.29 is 4.79 Å². The number of likely N-dealkylation sites (tertiary alicyclic amines) is 1. The van der Waals surface area contributed by atoms with Crippen LogP contribution in [0.5, 0.6) is 0 Å². The van der Waals surface area contributed by atoms with Crippen LogP contribution in [0.3, 0.4) is 0 Å². The Labute approximate surface area is 199 Å². The van der Waals surface area contributed by atoms with Gasteiger partial charge in [0.2, 0.25) is 5.91 Å². The summed E-state index contributed by atoms with van der Waals surface area (Å²) in [5, 5.41) is 5.16. The number of nitrogens with zero attached hydrogens (tertiary/aromatic N) is 2. The Morgan fingerprint density at radius 3 is 2.88 bits per heavy atom. The van der Waals surface area contributed by atoms with Gasteiger partial charge in [-0.1, -0.05) is 38.3 Å². The molecule has 0 aromatic heterocycles. The number of benzene rings is 1. The second-order valence-electron chi connectivity index (χ2n) is 10.5. The number of unbranched alkanes of at least 4 members (excludes halogenated alkanes) is 1. The van der Waals surface area contributed by atoms with E-state index in [0.717, 1.165) is 43.6 Å². The Balaban J connectivity index is 1.35. The number of amides is 1. The highest BCUT2D eigenvalue weighted by molar-refractivity contribution is 5.79. The number of nitrogens with one attached hydrogen (secondary N) is 1. The van der Waals surface area contributed by atoms with Crippen LogP contribution >= 0.6 is 0 Å². The third-order valence-electron chi connectivity index (χ3n) is 7.86. The molecule has 1 aromatic carbocycles. The van der Waals surface area contributed by atoms with E-state index in [0.29, 0.717) is 29.8 Å². The number of rotatable bonds is 9. The molecule has 3 aliphatic rings. The van der Waals surface area contributed by atoms with Gasteiger partial charge in [0.05, 0.1) is 0 Å². The Kier molecular flexibility index (Phi) is 7.84. The highest BCUT2D eigenvalue weighted by Crippen LogP contribution is 2.41. The summed E-state index contributed by atoms with van der Waals surface area (Å²) in [5.74, 6) is 7.12. The molecule has 6 nitrogen and oxygen atoms in total. The normalized spacial score (nSPS) is 29.7. The van der Waals surface area contributed by atoms with Crippen LogP contribution in [-0.2, 0) is 4.79 Å². The second-order valence-corrected chi connectivity index (χ2v) is 10.5. The summed E-state index contributed by atoms with van der Waals surface area (Å²) < 4.78 is 0. The topological polar surface area (TPSA) is 87.6 Å². The van der Waals surface area contributed by atoms with Gasteiger partial charge in [0.15, 0.2) is 0 Å². The molecule has 5 N–H and O–H groups in total. The van der Waals surface area contributed by atoms with Crippen LogP contribution in [0.1, 0.15) is 82.6 Å². The van der Waals surface area contributed by atoms with Crippen molar-refractivity contribution >= 4 is 11.6 Å². The van der Waals surface area contributed by atoms with Gasteiger partial charge in [-0.05, 0) is 68.6 Å². The third kappa shape index (κ3) is 6.03. The number of hydrazine groups is 1. The largest absolute Gasteiger partial charge is 0.401 e. The fourth-order valence-corrected chi connectivity index (χ4v) is 5.97. The molecule has 1 aliphatic heterocycles. The van der Waals surface area contributed by atoms with Gasteiger partial charge in [0.1, 0.15) is 0 Å². The van der Waals surface area contributed by atoms with Crippen molar-refractivity contribution in [3.05, 3.63) is 41.7 Å². The first-order chi connectivity index (χ1) is 16.0. The Hall–Kier alpha value is -2.21. The molecule has 2 saturated carbocycles. The molecule has 1 amide bonds. The molecule has 1 aromatic rings. The molecule has 4 rings (SSSR count). The lowest BCUT2D eigenvalue weighted by Gasteiger charge is -2.34. The molecule has 5 atom stereocenters. The zero-order valence-electron chi connectivity index (χ0n) is 20.5. The van der Waals surface area contributed by atoms with Gasteiger partial charge >= 0.3 is 0 Å². The highest BCUT2D eigenvalue weighted by atomic mass is 16.2. The van der Waals surface area contributed by atoms with Gasteiger partial charge in [-0.25, -0.2) is 5.84 Å². The predicted octanol–water partition coefficient (Wildman–Crippen LogP) is 4.55. The van der Waals surface area contributed by atoms with Crippen molar-refractivity contribution in [3.8, 4) is 0 Å². The fraction of sp³-hybridized carbons (Fsp3) is 0.667. The summed E-state index contributed by atoms with van der Waals surface area (Å²) in [6.07, 6.45) is 13.2. The standard InChI is InChI=1S/C27H43N5O/c1-3-4-12-23-13-7-14-32(23)27(33)21-10-5-8-19(15-21)20-9-6-11-22(16-20)30-26-17-24(26)25(28)18-31(2)29/h6,9,11,16,18-19,21,23-24,26,30H,3-5,7-8,10,12-15,17,28-29H2,1-2H3/b25-18-. The van der Waals surface area contributed by atoms with Crippen molar-refractivity contribution in [2.24, 2.45) is 23.4 Å². The number of hydrogen-bond acceptors (Lipinski definition) is 5. The van der Waals surface area contributed by atoms with Gasteiger partial charge in [0.25, 0.3) is 0 Å². The van der Waals surface area contributed by atoms with Gasteiger partial charge < -0.3 is 21.0 Å². The van der Waals surface area contributed by atoms with Crippen LogP contribution in [0.2, 0.25) is 0 Å². The number of carbonyl (C=O) groups excluding carboxylic acids is 1. The molecule has 3 fully saturated rings. The number of hydrogen-bond donors (Lipinski definition) is 3. The molecular formula is C27H43N5O. The Bertz CT molecular complexity index is 838. The van der Waals surface area contributed by atoms with E-state index in [2.05, 4.69) is 41.4 Å². The van der Waals surface area contributed by atoms with Crippen molar-refractivity contribution in [2.45, 2.75) is 89.1 Å². The molecule has 1 heterocycles. The van der Waals surface area contributed by atoms with E-state index in [1.54, 1.807) is 13.2 Å². The summed E-state index contributed by atoms with van der Waals surface area (Å²) in [7, 11) is 1.79. The van der Waals surface area contributed by atoms with Crippen LogP contribution in [0.25, 0.3) is 0 Å². The van der Waals surface area contributed by atoms with Crippen LogP contribution in [0.4, 0.5) is 5.69 Å². The maximum absolute atomic E-state index is 13.4. The zero-order valence-corrected chi connectivity index (χ0v) is 20.5. The molecular weight excluding hydrogens is 410 g/mol. The monoisotopic (exact) mass is 453 g/mol. The third-order valence-corrected chi connectivity index (χ3v) is 7.86. The SMILES string of the molecule is CCCCC1CCCN1C(=O)C1CCCC(c2cccc(NC3CC3/C(N)=C/N(C)N)c2)C1. The van der Waals surface area contributed by atoms with E-state index >= 15 is 0 Å². The second kappa shape index (κ2) is 10.8. The fourth-order valence-electron chi connectivity index (χ4n) is 5.97. The van der Waals surface area contributed by atoms with Crippen LogP contribution < -0.4 is 16.9 Å². The summed E-state index contributed by atoms with van der Waals surface area (Å²) in [6, 6.07) is 9.67. The van der Waals surface area contributed by atoms with Crippen molar-refractivity contribution in [2.75, 3.05) is 18.9 Å². The van der Waals surface area contributed by atoms with Gasteiger partial charge in [-0.3, -0.25) is 4.79 Å². The molecule has 5 unspecified atom stereocenters. The maximum atomic E-state index is 13.4. The lowest BCUT2D eigenvalue weighted by Crippen LogP contribution is -2.41. The highest BCUT2D eigenvalue weighted by Gasteiger charge is 2.39. The Morgan fingerprint density at radius 2 is 2.09 bits per heavy atom. The van der Waals surface area contributed by atoms with Crippen LogP contribution in [0.15, 0.2) is 36.2 Å². The van der Waals surface area contributed by atoms with Crippen molar-refractivity contribution in [1.29, 1.82) is 0 Å². The summed E-state index contributed by atoms with van der Waals surface area (Å²) in [5.41, 5.74) is 9.52. The molecule has 6 heteroatoms. The molecule has 33 heavy (non-hydrogen) atoms. The average molecular weight is 454 g/mol. The smallest absolute Gasteiger partial charge is 0.225 e. The quantitative estimate of drug-likeness (QED) is 0.377. The van der Waals surface area contributed by atoms with E-state index in [-0.39, 0.29) is 5.92 Å². The lowest BCUT2D eigenvalue weighted by molar-refractivity contribution is -0.137. The first-order valence-electron chi connectivity index (χ1n) is 13.1. The minimum atomic E-state index is 0.189. The van der Waals surface area contributed by atoms with Crippen molar-refractivity contribution in [1.82, 2.24) is 9.91 Å². The van der Waals surface area contributed by atoms with Gasteiger partial charge in [-0.15, -0.1) is 0 Å². The lowest BCUT2D eigenvalue weighted by atomic mass is 9.77. The molecule has 0 radical (unpaired) electrons. The zero-order chi connectivity index (χ0) is 23.4. The van der Waals surface area contributed by atoms with Gasteiger partial charge in [0, 0.05) is 55.1 Å². The van der Waals surface area contributed by atoms with E-state index in [1.807, 2.05) is 0 Å².